The zero-order valence-corrected chi connectivity index (χ0v) is 8.11. The summed E-state index contributed by atoms with van der Waals surface area (Å²) >= 11 is 0. The Morgan fingerprint density at radius 2 is 2.21 bits per heavy atom. The highest BCUT2D eigenvalue weighted by atomic mass is 16.5. The molecule has 1 fully saturated rings. The minimum absolute atomic E-state index is 0.114. The van der Waals surface area contributed by atoms with E-state index in [4.69, 9.17) is 14.4 Å². The van der Waals surface area contributed by atoms with Crippen LogP contribution in [0.1, 0.15) is 30.2 Å². The Bertz CT molecular complexity index is 279. The number of rotatable bonds is 3. The SMILES string of the molecule is OCCc1cc(C2CCOCC2)no1. The predicted octanol–water partition coefficient (Wildman–Crippen LogP) is 1.10. The minimum Gasteiger partial charge on any atom is -0.396 e. The first-order valence-electron chi connectivity index (χ1n) is 5.04. The van der Waals surface area contributed by atoms with Crippen LogP contribution in [0.4, 0.5) is 0 Å². The van der Waals surface area contributed by atoms with Gasteiger partial charge in [-0.2, -0.15) is 0 Å². The molecule has 0 aliphatic carbocycles. The summed E-state index contributed by atoms with van der Waals surface area (Å²) in [7, 11) is 0. The smallest absolute Gasteiger partial charge is 0.139 e. The topological polar surface area (TPSA) is 55.5 Å². The van der Waals surface area contributed by atoms with Crippen molar-refractivity contribution in [2.45, 2.75) is 25.2 Å². The van der Waals surface area contributed by atoms with Gasteiger partial charge in [0, 0.05) is 31.6 Å². The molecule has 0 radical (unpaired) electrons. The molecule has 0 unspecified atom stereocenters. The summed E-state index contributed by atoms with van der Waals surface area (Å²) in [6.45, 7) is 1.74. The maximum Gasteiger partial charge on any atom is 0.139 e. The van der Waals surface area contributed by atoms with E-state index in [0.29, 0.717) is 12.3 Å². The first-order valence-corrected chi connectivity index (χ1v) is 5.04. The minimum atomic E-state index is 0.114. The van der Waals surface area contributed by atoms with Crippen LogP contribution in [0.3, 0.4) is 0 Å². The Kier molecular flexibility index (Phi) is 3.16. The van der Waals surface area contributed by atoms with Gasteiger partial charge in [0.2, 0.25) is 0 Å². The van der Waals surface area contributed by atoms with Crippen LogP contribution in [0.15, 0.2) is 10.6 Å². The van der Waals surface area contributed by atoms with Gasteiger partial charge in [-0.1, -0.05) is 5.16 Å². The molecule has 2 rings (SSSR count). The van der Waals surface area contributed by atoms with E-state index in [1.807, 2.05) is 6.07 Å². The quantitative estimate of drug-likeness (QED) is 0.788. The molecule has 0 aromatic carbocycles. The Morgan fingerprint density at radius 3 is 2.93 bits per heavy atom. The monoisotopic (exact) mass is 197 g/mol. The lowest BCUT2D eigenvalue weighted by atomic mass is 9.96. The average molecular weight is 197 g/mol. The predicted molar refractivity (Wildman–Crippen MR) is 50.1 cm³/mol. The van der Waals surface area contributed by atoms with Crippen LogP contribution < -0.4 is 0 Å². The van der Waals surface area contributed by atoms with Gasteiger partial charge in [0.25, 0.3) is 0 Å². The zero-order chi connectivity index (χ0) is 9.80. The van der Waals surface area contributed by atoms with Crippen LogP contribution in [0.25, 0.3) is 0 Å². The van der Waals surface area contributed by atoms with Crippen molar-refractivity contribution in [1.82, 2.24) is 5.16 Å². The molecule has 1 aliphatic rings. The summed E-state index contributed by atoms with van der Waals surface area (Å²) in [5.41, 5.74) is 1.01. The van der Waals surface area contributed by atoms with Gasteiger partial charge in [0.1, 0.15) is 5.76 Å². The van der Waals surface area contributed by atoms with E-state index in [1.165, 1.54) is 0 Å². The zero-order valence-electron chi connectivity index (χ0n) is 8.11. The second-order valence-corrected chi connectivity index (χ2v) is 3.58. The highest BCUT2D eigenvalue weighted by Crippen LogP contribution is 2.26. The van der Waals surface area contributed by atoms with Crippen LogP contribution in [0, 0.1) is 0 Å². The van der Waals surface area contributed by atoms with Gasteiger partial charge < -0.3 is 14.4 Å². The van der Waals surface area contributed by atoms with Crippen molar-refractivity contribution in [3.05, 3.63) is 17.5 Å². The van der Waals surface area contributed by atoms with Crippen molar-refractivity contribution in [3.63, 3.8) is 0 Å². The number of nitrogens with zero attached hydrogens (tertiary/aromatic N) is 1. The summed E-state index contributed by atoms with van der Waals surface area (Å²) in [4.78, 5) is 0. The van der Waals surface area contributed by atoms with Gasteiger partial charge in [0.05, 0.1) is 12.3 Å². The second-order valence-electron chi connectivity index (χ2n) is 3.58. The van der Waals surface area contributed by atoms with E-state index in [-0.39, 0.29) is 6.61 Å². The lowest BCUT2D eigenvalue weighted by Gasteiger charge is -2.19. The molecule has 0 amide bonds. The molecule has 1 aromatic heterocycles. The molecule has 0 bridgehead atoms. The van der Waals surface area contributed by atoms with E-state index >= 15 is 0 Å². The van der Waals surface area contributed by atoms with Crippen LogP contribution in [0.5, 0.6) is 0 Å². The van der Waals surface area contributed by atoms with Crippen molar-refractivity contribution in [2.75, 3.05) is 19.8 Å². The number of hydrogen-bond acceptors (Lipinski definition) is 4. The third kappa shape index (κ3) is 2.13. The van der Waals surface area contributed by atoms with Gasteiger partial charge in [-0.15, -0.1) is 0 Å². The summed E-state index contributed by atoms with van der Waals surface area (Å²) in [5.74, 6) is 1.24. The fraction of sp³-hybridized carbons (Fsp3) is 0.700. The van der Waals surface area contributed by atoms with Crippen molar-refractivity contribution >= 4 is 0 Å². The third-order valence-electron chi connectivity index (χ3n) is 2.57. The fourth-order valence-corrected chi connectivity index (χ4v) is 1.74. The molecule has 14 heavy (non-hydrogen) atoms. The Balaban J connectivity index is 2.00. The standard InChI is InChI=1S/C10H15NO3/c12-4-1-9-7-10(11-14-9)8-2-5-13-6-3-8/h7-8,12H,1-6H2. The number of aliphatic hydroxyl groups is 1. The number of hydrogen-bond donors (Lipinski definition) is 1. The average Bonchev–Trinajstić information content (AvgIpc) is 2.68. The van der Waals surface area contributed by atoms with Crippen molar-refractivity contribution in [2.24, 2.45) is 0 Å². The van der Waals surface area contributed by atoms with Crippen LogP contribution in [0.2, 0.25) is 0 Å². The van der Waals surface area contributed by atoms with E-state index < -0.39 is 0 Å². The molecular weight excluding hydrogens is 182 g/mol. The molecule has 4 heteroatoms. The highest BCUT2D eigenvalue weighted by molar-refractivity contribution is 5.11. The Morgan fingerprint density at radius 1 is 1.43 bits per heavy atom. The van der Waals surface area contributed by atoms with Gasteiger partial charge in [-0.3, -0.25) is 0 Å². The number of ether oxygens (including phenoxy) is 1. The van der Waals surface area contributed by atoms with E-state index in [9.17, 15) is 0 Å². The molecule has 0 saturated carbocycles. The number of aromatic nitrogens is 1. The third-order valence-corrected chi connectivity index (χ3v) is 2.57. The summed E-state index contributed by atoms with van der Waals surface area (Å²) in [6.07, 6.45) is 2.59. The van der Waals surface area contributed by atoms with E-state index in [1.54, 1.807) is 0 Å². The summed E-state index contributed by atoms with van der Waals surface area (Å²) < 4.78 is 10.4. The van der Waals surface area contributed by atoms with E-state index in [2.05, 4.69) is 5.16 Å². The van der Waals surface area contributed by atoms with Gasteiger partial charge in [0.15, 0.2) is 0 Å². The van der Waals surface area contributed by atoms with Crippen LogP contribution in [-0.4, -0.2) is 30.1 Å². The molecule has 2 heterocycles. The number of aliphatic hydroxyl groups excluding tert-OH is 1. The Labute approximate surface area is 82.9 Å². The maximum absolute atomic E-state index is 8.73. The van der Waals surface area contributed by atoms with Crippen molar-refractivity contribution < 1.29 is 14.4 Å². The van der Waals surface area contributed by atoms with Gasteiger partial charge >= 0.3 is 0 Å². The first kappa shape index (κ1) is 9.68. The lowest BCUT2D eigenvalue weighted by Crippen LogP contribution is -2.14. The molecular formula is C10H15NO3. The normalized spacial score (nSPS) is 18.6. The molecule has 1 saturated heterocycles. The summed E-state index contributed by atoms with van der Waals surface area (Å²) in [5, 5.41) is 12.7. The van der Waals surface area contributed by atoms with Crippen LogP contribution in [-0.2, 0) is 11.2 Å². The largest absolute Gasteiger partial charge is 0.396 e. The Hall–Kier alpha value is -0.870. The first-order chi connectivity index (χ1) is 6.90. The summed E-state index contributed by atoms with van der Waals surface area (Å²) in [6, 6.07) is 1.95. The van der Waals surface area contributed by atoms with Crippen LogP contribution >= 0.6 is 0 Å². The van der Waals surface area contributed by atoms with Crippen molar-refractivity contribution in [3.8, 4) is 0 Å². The van der Waals surface area contributed by atoms with Crippen molar-refractivity contribution in [1.29, 1.82) is 0 Å². The molecule has 1 aromatic rings. The molecule has 4 nitrogen and oxygen atoms in total. The second kappa shape index (κ2) is 4.57. The highest BCUT2D eigenvalue weighted by Gasteiger charge is 2.19. The van der Waals surface area contributed by atoms with Gasteiger partial charge in [-0.05, 0) is 12.8 Å². The molecule has 0 atom stereocenters. The maximum atomic E-state index is 8.73. The fourth-order valence-electron chi connectivity index (χ4n) is 1.74. The van der Waals surface area contributed by atoms with Gasteiger partial charge in [-0.25, -0.2) is 0 Å². The molecule has 0 spiro atoms. The molecule has 78 valence electrons. The molecule has 1 aliphatic heterocycles. The van der Waals surface area contributed by atoms with E-state index in [0.717, 1.165) is 37.5 Å². The molecule has 1 N–H and O–H groups in total. The lowest BCUT2D eigenvalue weighted by molar-refractivity contribution is 0.0838.